The molecule has 2 aromatic rings. The van der Waals surface area contributed by atoms with E-state index in [-0.39, 0.29) is 5.69 Å². The monoisotopic (exact) mass is 203 g/mol. The lowest BCUT2D eigenvalue weighted by molar-refractivity contribution is 0.565. The molecule has 1 aromatic heterocycles. The van der Waals surface area contributed by atoms with Gasteiger partial charge in [0.1, 0.15) is 5.69 Å². The summed E-state index contributed by atoms with van der Waals surface area (Å²) in [6, 6.07) is 5.23. The number of carbonyl (C=O) groups excluding carboxylic acids is 1. The van der Waals surface area contributed by atoms with Crippen LogP contribution in [0.5, 0.6) is 0 Å². The van der Waals surface area contributed by atoms with Crippen molar-refractivity contribution in [2.24, 2.45) is 19.1 Å². The van der Waals surface area contributed by atoms with Gasteiger partial charge >= 0.3 is 5.69 Å². The molecule has 0 saturated carbocycles. The fraction of sp³-hybridized carbons (Fsp3) is 0.200. The number of hydrogen-bond donors (Lipinski definition) is 0. The molecular weight excluding hydrogens is 194 g/mol. The van der Waals surface area contributed by atoms with Gasteiger partial charge in [0.2, 0.25) is 6.08 Å². The molecular formula is C10H9N3O2. The van der Waals surface area contributed by atoms with E-state index in [1.54, 1.807) is 32.3 Å². The standard InChI is InChI=1S/C10H9N3O2/c1-12-8-5-3-4-7(11-6-14)9(8)13(2)10(12)15/h3-5H,1-2H3. The number of hydrogen-bond acceptors (Lipinski definition) is 3. The van der Waals surface area contributed by atoms with Crippen molar-refractivity contribution in [3.8, 4) is 0 Å². The Morgan fingerprint density at radius 2 is 2.00 bits per heavy atom. The third-order valence-corrected chi connectivity index (χ3v) is 2.43. The molecule has 0 N–H and O–H groups in total. The number of nitrogens with zero attached hydrogens (tertiary/aromatic N) is 3. The van der Waals surface area contributed by atoms with E-state index in [9.17, 15) is 9.59 Å². The molecule has 0 unspecified atom stereocenters. The Hall–Kier alpha value is -2.13. The number of aryl methyl sites for hydroxylation is 2. The number of benzene rings is 1. The van der Waals surface area contributed by atoms with Crippen LogP contribution in [0.25, 0.3) is 11.0 Å². The van der Waals surface area contributed by atoms with E-state index in [1.807, 2.05) is 0 Å². The van der Waals surface area contributed by atoms with E-state index in [0.717, 1.165) is 5.52 Å². The van der Waals surface area contributed by atoms with E-state index >= 15 is 0 Å². The Kier molecular flexibility index (Phi) is 2.02. The second kappa shape index (κ2) is 3.22. The largest absolute Gasteiger partial charge is 0.328 e. The minimum absolute atomic E-state index is 0.140. The molecule has 0 saturated heterocycles. The fourth-order valence-corrected chi connectivity index (χ4v) is 1.70. The number of aromatic nitrogens is 2. The lowest BCUT2D eigenvalue weighted by atomic mass is 10.2. The van der Waals surface area contributed by atoms with Crippen molar-refractivity contribution in [1.82, 2.24) is 9.13 Å². The van der Waals surface area contributed by atoms with Crippen LogP contribution in [0.3, 0.4) is 0 Å². The zero-order valence-corrected chi connectivity index (χ0v) is 8.39. The summed E-state index contributed by atoms with van der Waals surface area (Å²) in [7, 11) is 3.33. The van der Waals surface area contributed by atoms with Crippen LogP contribution >= 0.6 is 0 Å². The van der Waals surface area contributed by atoms with Gasteiger partial charge in [-0.1, -0.05) is 6.07 Å². The van der Waals surface area contributed by atoms with Gasteiger partial charge in [-0.15, -0.1) is 0 Å². The molecule has 0 aliphatic carbocycles. The highest BCUT2D eigenvalue weighted by atomic mass is 16.1. The molecule has 2 rings (SSSR count). The van der Waals surface area contributed by atoms with Gasteiger partial charge in [0.25, 0.3) is 0 Å². The summed E-state index contributed by atoms with van der Waals surface area (Å²) in [6.45, 7) is 0. The molecule has 0 radical (unpaired) electrons. The zero-order valence-electron chi connectivity index (χ0n) is 8.39. The first kappa shape index (κ1) is 9.43. The molecule has 1 aromatic carbocycles. The number of para-hydroxylation sites is 1. The van der Waals surface area contributed by atoms with Crippen molar-refractivity contribution in [2.45, 2.75) is 0 Å². The molecule has 0 bridgehead atoms. The molecule has 0 spiro atoms. The van der Waals surface area contributed by atoms with Crippen LogP contribution in [0.15, 0.2) is 28.0 Å². The lowest BCUT2D eigenvalue weighted by Crippen LogP contribution is -2.19. The quantitative estimate of drug-likeness (QED) is 0.509. The van der Waals surface area contributed by atoms with Crippen molar-refractivity contribution in [1.29, 1.82) is 0 Å². The van der Waals surface area contributed by atoms with Crippen LogP contribution in [0.2, 0.25) is 0 Å². The van der Waals surface area contributed by atoms with Crippen LogP contribution in [0.4, 0.5) is 5.69 Å². The Balaban J connectivity index is 3.04. The van der Waals surface area contributed by atoms with Gasteiger partial charge in [-0.05, 0) is 12.1 Å². The Labute approximate surface area is 85.3 Å². The van der Waals surface area contributed by atoms with Gasteiger partial charge in [0, 0.05) is 14.1 Å². The predicted octanol–water partition coefficient (Wildman–Crippen LogP) is 0.844. The summed E-state index contributed by atoms with van der Waals surface area (Å²) >= 11 is 0. The van der Waals surface area contributed by atoms with Crippen LogP contribution in [-0.4, -0.2) is 15.2 Å². The maximum Gasteiger partial charge on any atom is 0.328 e. The molecule has 0 aliphatic rings. The number of aliphatic imine (C=N–C) groups is 1. The van der Waals surface area contributed by atoms with Crippen LogP contribution in [-0.2, 0) is 18.9 Å². The van der Waals surface area contributed by atoms with Crippen molar-refractivity contribution >= 4 is 22.8 Å². The number of rotatable bonds is 1. The normalized spacial score (nSPS) is 10.3. The van der Waals surface area contributed by atoms with Crippen LogP contribution in [0.1, 0.15) is 0 Å². The summed E-state index contributed by atoms with van der Waals surface area (Å²) in [4.78, 5) is 25.4. The highest BCUT2D eigenvalue weighted by Crippen LogP contribution is 2.23. The zero-order chi connectivity index (χ0) is 11.0. The van der Waals surface area contributed by atoms with E-state index in [0.29, 0.717) is 11.2 Å². The molecule has 0 atom stereocenters. The average Bonchev–Trinajstić information content (AvgIpc) is 2.46. The molecule has 5 nitrogen and oxygen atoms in total. The van der Waals surface area contributed by atoms with Crippen LogP contribution < -0.4 is 5.69 Å². The molecule has 0 amide bonds. The lowest BCUT2D eigenvalue weighted by Gasteiger charge is -1.96. The third kappa shape index (κ3) is 1.21. The van der Waals surface area contributed by atoms with E-state index in [1.165, 1.54) is 15.2 Å². The molecule has 0 aliphatic heterocycles. The Bertz CT molecular complexity index is 630. The maximum absolute atomic E-state index is 11.6. The molecule has 5 heteroatoms. The van der Waals surface area contributed by atoms with Crippen LogP contribution in [0, 0.1) is 0 Å². The topological polar surface area (TPSA) is 56.4 Å². The molecule has 1 heterocycles. The third-order valence-electron chi connectivity index (χ3n) is 2.43. The van der Waals surface area contributed by atoms with Gasteiger partial charge in [-0.2, -0.15) is 4.99 Å². The minimum Gasteiger partial charge on any atom is -0.295 e. The predicted molar refractivity (Wildman–Crippen MR) is 55.9 cm³/mol. The van der Waals surface area contributed by atoms with Crippen molar-refractivity contribution in [3.63, 3.8) is 0 Å². The first-order chi connectivity index (χ1) is 7.16. The Morgan fingerprint density at radius 3 is 2.67 bits per heavy atom. The smallest absolute Gasteiger partial charge is 0.295 e. The highest BCUT2D eigenvalue weighted by Gasteiger charge is 2.10. The number of isocyanates is 1. The first-order valence-corrected chi connectivity index (χ1v) is 4.39. The summed E-state index contributed by atoms with van der Waals surface area (Å²) in [5.74, 6) is 0. The minimum atomic E-state index is -0.140. The SMILES string of the molecule is Cn1c(=O)n(C)c2c(N=C=O)cccc21. The van der Waals surface area contributed by atoms with E-state index < -0.39 is 0 Å². The summed E-state index contributed by atoms with van der Waals surface area (Å²) in [5, 5.41) is 0. The molecule has 15 heavy (non-hydrogen) atoms. The second-order valence-corrected chi connectivity index (χ2v) is 3.25. The van der Waals surface area contributed by atoms with Crippen molar-refractivity contribution < 1.29 is 4.79 Å². The van der Waals surface area contributed by atoms with Gasteiger partial charge in [0.05, 0.1) is 11.0 Å². The maximum atomic E-state index is 11.6. The van der Waals surface area contributed by atoms with Gasteiger partial charge in [0.15, 0.2) is 0 Å². The summed E-state index contributed by atoms with van der Waals surface area (Å²) in [6.07, 6.45) is 1.48. The summed E-state index contributed by atoms with van der Waals surface area (Å²) in [5.41, 5.74) is 1.72. The number of imidazole rings is 1. The fourth-order valence-electron chi connectivity index (χ4n) is 1.70. The van der Waals surface area contributed by atoms with Gasteiger partial charge < -0.3 is 0 Å². The van der Waals surface area contributed by atoms with Crippen molar-refractivity contribution in [3.05, 3.63) is 28.7 Å². The Morgan fingerprint density at radius 1 is 1.27 bits per heavy atom. The number of fused-ring (bicyclic) bond motifs is 1. The molecule has 0 fully saturated rings. The van der Waals surface area contributed by atoms with Gasteiger partial charge in [-0.25, -0.2) is 9.59 Å². The highest BCUT2D eigenvalue weighted by molar-refractivity contribution is 5.88. The van der Waals surface area contributed by atoms with E-state index in [4.69, 9.17) is 0 Å². The van der Waals surface area contributed by atoms with E-state index in [2.05, 4.69) is 4.99 Å². The molecule has 76 valence electrons. The second-order valence-electron chi connectivity index (χ2n) is 3.25. The summed E-state index contributed by atoms with van der Waals surface area (Å²) < 4.78 is 2.98. The van der Waals surface area contributed by atoms with Gasteiger partial charge in [-0.3, -0.25) is 9.13 Å². The van der Waals surface area contributed by atoms with Crippen molar-refractivity contribution in [2.75, 3.05) is 0 Å². The first-order valence-electron chi connectivity index (χ1n) is 4.39. The average molecular weight is 203 g/mol.